The van der Waals surface area contributed by atoms with Crippen molar-refractivity contribution in [3.05, 3.63) is 47.5 Å². The quantitative estimate of drug-likeness (QED) is 0.119. The van der Waals surface area contributed by atoms with Gasteiger partial charge in [-0.15, -0.1) is 0 Å². The molecule has 36 heavy (non-hydrogen) atoms. The predicted octanol–water partition coefficient (Wildman–Crippen LogP) is 6.71. The Labute approximate surface area is 217 Å². The second kappa shape index (κ2) is 18.1. The van der Waals surface area contributed by atoms with Crippen LogP contribution in [-0.4, -0.2) is 44.5 Å². The molecule has 1 atom stereocenters. The molecule has 202 valence electrons. The van der Waals surface area contributed by atoms with Crippen LogP contribution in [0.4, 0.5) is 0 Å². The summed E-state index contributed by atoms with van der Waals surface area (Å²) in [5.41, 5.74) is 1.08. The third-order valence-electron chi connectivity index (χ3n) is 6.59. The lowest BCUT2D eigenvalue weighted by Crippen LogP contribution is -2.40. The number of unbranched alkanes of at least 4 members (excludes halogenated alkanes) is 10. The van der Waals surface area contributed by atoms with Gasteiger partial charge in [0.05, 0.1) is 26.9 Å². The summed E-state index contributed by atoms with van der Waals surface area (Å²) < 4.78 is 22.3. The van der Waals surface area contributed by atoms with Gasteiger partial charge in [-0.3, -0.25) is 4.79 Å². The van der Waals surface area contributed by atoms with Crippen molar-refractivity contribution in [3.63, 3.8) is 0 Å². The number of esters is 2. The number of hydrogen-bond acceptors (Lipinski definition) is 6. The lowest BCUT2D eigenvalue weighted by Gasteiger charge is -2.27. The molecule has 1 aromatic carbocycles. The van der Waals surface area contributed by atoms with Gasteiger partial charge in [-0.2, -0.15) is 0 Å². The molecule has 0 aromatic heterocycles. The fourth-order valence-corrected chi connectivity index (χ4v) is 4.45. The highest BCUT2D eigenvalue weighted by Crippen LogP contribution is 2.31. The van der Waals surface area contributed by atoms with Gasteiger partial charge in [0, 0.05) is 18.9 Å². The highest BCUT2D eigenvalue weighted by Gasteiger charge is 2.40. The Balaban J connectivity index is 1.68. The summed E-state index contributed by atoms with van der Waals surface area (Å²) in [4.78, 5) is 24.1. The predicted molar refractivity (Wildman–Crippen MR) is 142 cm³/mol. The van der Waals surface area contributed by atoms with Crippen molar-refractivity contribution in [1.82, 2.24) is 0 Å². The molecule has 0 N–H and O–H groups in total. The molecule has 0 spiro atoms. The number of carbonyl (C=O) groups is 2. The van der Waals surface area contributed by atoms with Crippen molar-refractivity contribution in [2.75, 3.05) is 26.9 Å². The van der Waals surface area contributed by atoms with Crippen molar-refractivity contribution in [1.29, 1.82) is 0 Å². The SMILES string of the molecule is CCCCCCCCCCCCCC(=O)OCC1(COCc2ccccc2)C/C(=C\C(=O)OC)CO1. The average Bonchev–Trinajstić information content (AvgIpc) is 3.29. The van der Waals surface area contributed by atoms with E-state index in [1.807, 2.05) is 30.3 Å². The fourth-order valence-electron chi connectivity index (χ4n) is 4.45. The van der Waals surface area contributed by atoms with Crippen LogP contribution in [0.3, 0.4) is 0 Å². The van der Waals surface area contributed by atoms with Crippen LogP contribution in [0, 0.1) is 0 Å². The van der Waals surface area contributed by atoms with Crippen LogP contribution < -0.4 is 0 Å². The molecule has 0 amide bonds. The smallest absolute Gasteiger partial charge is 0.330 e. The Morgan fingerprint density at radius 3 is 2.19 bits per heavy atom. The maximum Gasteiger partial charge on any atom is 0.330 e. The van der Waals surface area contributed by atoms with Crippen LogP contribution >= 0.6 is 0 Å². The second-order valence-corrected chi connectivity index (χ2v) is 9.90. The van der Waals surface area contributed by atoms with E-state index in [4.69, 9.17) is 18.9 Å². The van der Waals surface area contributed by atoms with Gasteiger partial charge in [-0.05, 0) is 17.6 Å². The van der Waals surface area contributed by atoms with E-state index in [0.29, 0.717) is 26.1 Å². The van der Waals surface area contributed by atoms with E-state index in [-0.39, 0.29) is 19.2 Å². The van der Waals surface area contributed by atoms with Crippen molar-refractivity contribution < 1.29 is 28.5 Å². The first-order valence-electron chi connectivity index (χ1n) is 13.8. The monoisotopic (exact) mass is 502 g/mol. The van der Waals surface area contributed by atoms with Gasteiger partial charge in [-0.25, -0.2) is 4.79 Å². The van der Waals surface area contributed by atoms with Crippen LogP contribution in [0.15, 0.2) is 42.0 Å². The van der Waals surface area contributed by atoms with Gasteiger partial charge in [0.2, 0.25) is 0 Å². The summed E-state index contributed by atoms with van der Waals surface area (Å²) in [7, 11) is 1.35. The Kier molecular flexibility index (Phi) is 15.1. The summed E-state index contributed by atoms with van der Waals surface area (Å²) >= 11 is 0. The number of benzene rings is 1. The summed E-state index contributed by atoms with van der Waals surface area (Å²) in [5, 5.41) is 0. The number of rotatable bonds is 19. The fraction of sp³-hybridized carbons (Fsp3) is 0.667. The van der Waals surface area contributed by atoms with E-state index < -0.39 is 11.6 Å². The molecule has 1 heterocycles. The minimum Gasteiger partial charge on any atom is -0.466 e. The zero-order valence-electron chi connectivity index (χ0n) is 22.4. The Morgan fingerprint density at radius 1 is 0.917 bits per heavy atom. The minimum atomic E-state index is -0.790. The Bertz CT molecular complexity index is 775. The van der Waals surface area contributed by atoms with Gasteiger partial charge >= 0.3 is 11.9 Å². The van der Waals surface area contributed by atoms with Gasteiger partial charge < -0.3 is 18.9 Å². The highest BCUT2D eigenvalue weighted by molar-refractivity contribution is 5.82. The van der Waals surface area contributed by atoms with Crippen molar-refractivity contribution >= 4 is 11.9 Å². The zero-order chi connectivity index (χ0) is 25.9. The summed E-state index contributed by atoms with van der Waals surface area (Å²) in [6.07, 6.45) is 16.0. The summed E-state index contributed by atoms with van der Waals surface area (Å²) in [5.74, 6) is -0.620. The average molecular weight is 503 g/mol. The van der Waals surface area contributed by atoms with Crippen molar-refractivity contribution in [2.45, 2.75) is 103 Å². The van der Waals surface area contributed by atoms with E-state index >= 15 is 0 Å². The van der Waals surface area contributed by atoms with E-state index in [2.05, 4.69) is 6.92 Å². The number of ether oxygens (including phenoxy) is 4. The molecular formula is C30H46O6. The van der Waals surface area contributed by atoms with Gasteiger partial charge in [-0.1, -0.05) is 101 Å². The highest BCUT2D eigenvalue weighted by atomic mass is 16.6. The number of methoxy groups -OCH3 is 1. The maximum absolute atomic E-state index is 12.4. The first-order valence-corrected chi connectivity index (χ1v) is 13.8. The molecule has 1 aliphatic rings. The van der Waals surface area contributed by atoms with Crippen molar-refractivity contribution in [2.24, 2.45) is 0 Å². The normalized spacial score (nSPS) is 18.4. The Hall–Kier alpha value is -2.18. The molecular weight excluding hydrogens is 456 g/mol. The lowest BCUT2D eigenvalue weighted by molar-refractivity contribution is -0.158. The summed E-state index contributed by atoms with van der Waals surface area (Å²) in [6, 6.07) is 9.89. The van der Waals surface area contributed by atoms with Gasteiger partial charge in [0.1, 0.15) is 12.2 Å². The third-order valence-corrected chi connectivity index (χ3v) is 6.59. The first kappa shape index (κ1) is 30.0. The third kappa shape index (κ3) is 12.7. The molecule has 2 rings (SSSR count). The molecule has 6 nitrogen and oxygen atoms in total. The molecule has 1 fully saturated rings. The van der Waals surface area contributed by atoms with Crippen LogP contribution in [-0.2, 0) is 35.1 Å². The van der Waals surface area contributed by atoms with E-state index in [1.54, 1.807) is 0 Å². The first-order chi connectivity index (χ1) is 17.6. The molecule has 0 radical (unpaired) electrons. The minimum absolute atomic E-state index is 0.108. The zero-order valence-corrected chi connectivity index (χ0v) is 22.4. The molecule has 0 bridgehead atoms. The van der Waals surface area contributed by atoms with Crippen LogP contribution in [0.25, 0.3) is 0 Å². The molecule has 1 unspecified atom stereocenters. The molecule has 1 aliphatic heterocycles. The molecule has 0 aliphatic carbocycles. The maximum atomic E-state index is 12.4. The number of carbonyl (C=O) groups excluding carboxylic acids is 2. The topological polar surface area (TPSA) is 71.1 Å². The molecule has 6 heteroatoms. The molecule has 1 saturated heterocycles. The van der Waals surface area contributed by atoms with Crippen molar-refractivity contribution in [3.8, 4) is 0 Å². The van der Waals surface area contributed by atoms with Crippen LogP contribution in [0.2, 0.25) is 0 Å². The molecule has 0 saturated carbocycles. The standard InChI is InChI=1S/C30H46O6/c1-3-4-5-6-7-8-9-10-11-12-16-19-28(31)35-25-30(21-27(23-36-30)20-29(32)33-2)24-34-22-26-17-14-13-15-18-26/h13-15,17-18,20H,3-12,16,19,21-25H2,1-2H3/b27-20+. The van der Waals surface area contributed by atoms with E-state index in [0.717, 1.165) is 24.0 Å². The van der Waals surface area contributed by atoms with Gasteiger partial charge in [0.15, 0.2) is 0 Å². The molecule has 1 aromatic rings. The second-order valence-electron chi connectivity index (χ2n) is 9.90. The number of hydrogen-bond donors (Lipinski definition) is 0. The van der Waals surface area contributed by atoms with Crippen LogP contribution in [0.5, 0.6) is 0 Å². The van der Waals surface area contributed by atoms with Crippen LogP contribution in [0.1, 0.15) is 96.0 Å². The van der Waals surface area contributed by atoms with E-state index in [9.17, 15) is 9.59 Å². The largest absolute Gasteiger partial charge is 0.466 e. The van der Waals surface area contributed by atoms with Gasteiger partial charge in [0.25, 0.3) is 0 Å². The van der Waals surface area contributed by atoms with E-state index in [1.165, 1.54) is 71.0 Å². The lowest BCUT2D eigenvalue weighted by atomic mass is 9.99. The Morgan fingerprint density at radius 2 is 1.56 bits per heavy atom. The summed E-state index contributed by atoms with van der Waals surface area (Å²) in [6.45, 7) is 3.36.